The van der Waals surface area contributed by atoms with E-state index in [1.807, 2.05) is 30.3 Å². The Bertz CT molecular complexity index is 968. The van der Waals surface area contributed by atoms with Crippen molar-refractivity contribution in [3.8, 4) is 17.3 Å². The first-order valence-corrected chi connectivity index (χ1v) is 8.72. The number of nitrogens with zero attached hydrogens (tertiary/aromatic N) is 3. The monoisotopic (exact) mass is 351 g/mol. The van der Waals surface area contributed by atoms with Crippen molar-refractivity contribution in [1.29, 1.82) is 0 Å². The molecule has 124 valence electrons. The van der Waals surface area contributed by atoms with Crippen LogP contribution in [0.15, 0.2) is 82.6 Å². The van der Waals surface area contributed by atoms with Crippen molar-refractivity contribution >= 4 is 11.8 Å². The number of para-hydroxylation sites is 1. The Morgan fingerprint density at radius 1 is 0.920 bits per heavy atom. The summed E-state index contributed by atoms with van der Waals surface area (Å²) >= 11 is 1.50. The standard InChI is InChI=1S/C19H14FN3OS/c20-15-9-4-5-10-16(15)23-18(17-11-6-12-24-17)21-22-19(23)25-13-14-7-2-1-3-8-14/h1-12H,13H2. The first kappa shape index (κ1) is 15.7. The lowest BCUT2D eigenvalue weighted by Gasteiger charge is -2.10. The van der Waals surface area contributed by atoms with Gasteiger partial charge >= 0.3 is 0 Å². The lowest BCUT2D eigenvalue weighted by molar-refractivity contribution is 0.572. The zero-order valence-electron chi connectivity index (χ0n) is 13.2. The lowest BCUT2D eigenvalue weighted by Crippen LogP contribution is -2.02. The fraction of sp³-hybridized carbons (Fsp3) is 0.0526. The minimum Gasteiger partial charge on any atom is -0.461 e. The molecule has 25 heavy (non-hydrogen) atoms. The molecule has 4 aromatic rings. The third-order valence-electron chi connectivity index (χ3n) is 3.68. The molecule has 0 spiro atoms. The van der Waals surface area contributed by atoms with Gasteiger partial charge in [0.2, 0.25) is 5.82 Å². The summed E-state index contributed by atoms with van der Waals surface area (Å²) in [5, 5.41) is 9.09. The first-order valence-electron chi connectivity index (χ1n) is 7.74. The van der Waals surface area contributed by atoms with Gasteiger partial charge in [0.15, 0.2) is 10.9 Å². The van der Waals surface area contributed by atoms with Crippen LogP contribution in [0.1, 0.15) is 5.56 Å². The Morgan fingerprint density at radius 2 is 1.72 bits per heavy atom. The second-order valence-electron chi connectivity index (χ2n) is 5.34. The number of halogens is 1. The van der Waals surface area contributed by atoms with E-state index in [0.29, 0.717) is 28.2 Å². The van der Waals surface area contributed by atoms with E-state index in [1.54, 1.807) is 41.2 Å². The molecule has 0 fully saturated rings. The molecule has 0 aliphatic rings. The molecular formula is C19H14FN3OS. The molecule has 0 N–H and O–H groups in total. The summed E-state index contributed by atoms with van der Waals surface area (Å²) < 4.78 is 21.5. The molecule has 6 heteroatoms. The predicted molar refractivity (Wildman–Crippen MR) is 95.0 cm³/mol. The van der Waals surface area contributed by atoms with Crippen molar-refractivity contribution in [3.63, 3.8) is 0 Å². The summed E-state index contributed by atoms with van der Waals surface area (Å²) in [5.74, 6) is 1.40. The van der Waals surface area contributed by atoms with Crippen LogP contribution in [0.3, 0.4) is 0 Å². The molecule has 0 bridgehead atoms. The average molecular weight is 351 g/mol. The van der Waals surface area contributed by atoms with E-state index in [0.717, 1.165) is 5.56 Å². The highest BCUT2D eigenvalue weighted by Crippen LogP contribution is 2.30. The Balaban J connectivity index is 1.76. The minimum absolute atomic E-state index is 0.336. The van der Waals surface area contributed by atoms with Gasteiger partial charge in [0, 0.05) is 5.75 Å². The SMILES string of the molecule is Fc1ccccc1-n1c(SCc2ccccc2)nnc1-c1ccco1. The minimum atomic E-state index is -0.336. The van der Waals surface area contributed by atoms with Crippen molar-refractivity contribution in [1.82, 2.24) is 14.8 Å². The molecule has 0 saturated heterocycles. The van der Waals surface area contributed by atoms with Gasteiger partial charge in [-0.15, -0.1) is 10.2 Å². The summed E-state index contributed by atoms with van der Waals surface area (Å²) in [5.41, 5.74) is 1.56. The molecule has 0 unspecified atom stereocenters. The van der Waals surface area contributed by atoms with E-state index in [-0.39, 0.29) is 5.82 Å². The van der Waals surface area contributed by atoms with Gasteiger partial charge < -0.3 is 4.42 Å². The molecule has 0 atom stereocenters. The van der Waals surface area contributed by atoms with Gasteiger partial charge in [0.25, 0.3) is 0 Å². The van der Waals surface area contributed by atoms with Crippen LogP contribution in [-0.2, 0) is 5.75 Å². The smallest absolute Gasteiger partial charge is 0.205 e. The maximum atomic E-state index is 14.4. The van der Waals surface area contributed by atoms with Gasteiger partial charge in [-0.2, -0.15) is 0 Å². The highest BCUT2D eigenvalue weighted by Gasteiger charge is 2.20. The molecule has 2 aromatic heterocycles. The van der Waals surface area contributed by atoms with Crippen LogP contribution in [0.2, 0.25) is 0 Å². The quantitative estimate of drug-likeness (QED) is 0.477. The zero-order chi connectivity index (χ0) is 17.1. The molecule has 0 saturated carbocycles. The van der Waals surface area contributed by atoms with Crippen LogP contribution < -0.4 is 0 Å². The third kappa shape index (κ3) is 3.21. The molecule has 0 aliphatic heterocycles. The lowest BCUT2D eigenvalue weighted by atomic mass is 10.2. The number of hydrogen-bond donors (Lipinski definition) is 0. The topological polar surface area (TPSA) is 43.9 Å². The van der Waals surface area contributed by atoms with Crippen LogP contribution in [-0.4, -0.2) is 14.8 Å². The van der Waals surface area contributed by atoms with Gasteiger partial charge in [0.1, 0.15) is 5.82 Å². The summed E-state index contributed by atoms with van der Waals surface area (Å²) in [6, 6.07) is 20.2. The second kappa shape index (κ2) is 6.94. The Kier molecular flexibility index (Phi) is 4.35. The fourth-order valence-corrected chi connectivity index (χ4v) is 3.40. The van der Waals surface area contributed by atoms with Crippen LogP contribution in [0, 0.1) is 5.82 Å². The van der Waals surface area contributed by atoms with Crippen LogP contribution in [0.5, 0.6) is 0 Å². The van der Waals surface area contributed by atoms with Gasteiger partial charge in [-0.25, -0.2) is 4.39 Å². The molecule has 2 heterocycles. The van der Waals surface area contributed by atoms with Crippen molar-refractivity contribution in [2.24, 2.45) is 0 Å². The van der Waals surface area contributed by atoms with Crippen molar-refractivity contribution in [2.45, 2.75) is 10.9 Å². The Hall–Kier alpha value is -2.86. The normalized spacial score (nSPS) is 10.9. The highest BCUT2D eigenvalue weighted by atomic mass is 32.2. The van der Waals surface area contributed by atoms with E-state index in [4.69, 9.17) is 4.42 Å². The van der Waals surface area contributed by atoms with Gasteiger partial charge in [0.05, 0.1) is 12.0 Å². The predicted octanol–water partition coefficient (Wildman–Crippen LogP) is 4.96. The molecule has 0 radical (unpaired) electrons. The van der Waals surface area contributed by atoms with Crippen LogP contribution >= 0.6 is 11.8 Å². The molecule has 0 aliphatic carbocycles. The van der Waals surface area contributed by atoms with Gasteiger partial charge in [-0.1, -0.05) is 54.2 Å². The zero-order valence-corrected chi connectivity index (χ0v) is 14.0. The molecular weight excluding hydrogens is 337 g/mol. The maximum Gasteiger partial charge on any atom is 0.205 e. The first-order chi connectivity index (χ1) is 12.3. The van der Waals surface area contributed by atoms with E-state index < -0.39 is 0 Å². The summed E-state index contributed by atoms with van der Waals surface area (Å²) in [4.78, 5) is 0. The van der Waals surface area contributed by atoms with Crippen LogP contribution in [0.4, 0.5) is 4.39 Å². The number of furan rings is 1. The number of aromatic nitrogens is 3. The number of thioether (sulfide) groups is 1. The molecule has 4 nitrogen and oxygen atoms in total. The van der Waals surface area contributed by atoms with E-state index >= 15 is 0 Å². The average Bonchev–Trinajstić information content (AvgIpc) is 3.31. The van der Waals surface area contributed by atoms with Crippen molar-refractivity contribution in [3.05, 3.63) is 84.4 Å². The third-order valence-corrected chi connectivity index (χ3v) is 4.68. The second-order valence-corrected chi connectivity index (χ2v) is 6.29. The van der Waals surface area contributed by atoms with E-state index in [2.05, 4.69) is 10.2 Å². The summed E-state index contributed by atoms with van der Waals surface area (Å²) in [6.07, 6.45) is 1.56. The van der Waals surface area contributed by atoms with Crippen molar-refractivity contribution in [2.75, 3.05) is 0 Å². The van der Waals surface area contributed by atoms with Crippen LogP contribution in [0.25, 0.3) is 17.3 Å². The van der Waals surface area contributed by atoms with E-state index in [9.17, 15) is 4.39 Å². The fourth-order valence-electron chi connectivity index (χ4n) is 2.50. The number of rotatable bonds is 5. The number of hydrogen-bond acceptors (Lipinski definition) is 4. The van der Waals surface area contributed by atoms with Gasteiger partial charge in [-0.05, 0) is 29.8 Å². The molecule has 2 aromatic carbocycles. The highest BCUT2D eigenvalue weighted by molar-refractivity contribution is 7.98. The number of benzene rings is 2. The van der Waals surface area contributed by atoms with Crippen molar-refractivity contribution < 1.29 is 8.81 Å². The molecule has 0 amide bonds. The Morgan fingerprint density at radius 3 is 2.48 bits per heavy atom. The summed E-state index contributed by atoms with van der Waals surface area (Å²) in [6.45, 7) is 0. The van der Waals surface area contributed by atoms with Gasteiger partial charge in [-0.3, -0.25) is 4.57 Å². The maximum absolute atomic E-state index is 14.4. The largest absolute Gasteiger partial charge is 0.461 e. The molecule has 4 rings (SSSR count). The van der Waals surface area contributed by atoms with E-state index in [1.165, 1.54) is 17.8 Å². The summed E-state index contributed by atoms with van der Waals surface area (Å²) in [7, 11) is 0. The Labute approximate surface area is 148 Å².